The lowest BCUT2D eigenvalue weighted by atomic mass is 9.97. The van der Waals surface area contributed by atoms with Gasteiger partial charge in [-0.05, 0) is 56.2 Å². The summed E-state index contributed by atoms with van der Waals surface area (Å²) in [7, 11) is -3.65. The second-order valence-corrected chi connectivity index (χ2v) is 10.2. The second-order valence-electron chi connectivity index (χ2n) is 7.08. The van der Waals surface area contributed by atoms with E-state index >= 15 is 0 Å². The Morgan fingerprint density at radius 1 is 1.10 bits per heavy atom. The number of sulfonamides is 1. The average Bonchev–Trinajstić information content (AvgIpc) is 2.73. The molecule has 0 unspecified atom stereocenters. The van der Waals surface area contributed by atoms with E-state index in [2.05, 4.69) is 29.6 Å². The molecule has 0 radical (unpaired) electrons. The number of halogens is 1. The van der Waals surface area contributed by atoms with Gasteiger partial charge < -0.3 is 5.32 Å². The highest BCUT2D eigenvalue weighted by Gasteiger charge is 2.31. The van der Waals surface area contributed by atoms with Crippen molar-refractivity contribution in [2.24, 2.45) is 5.92 Å². The molecule has 2 aromatic rings. The third kappa shape index (κ3) is 5.81. The number of thioether (sulfide) groups is 1. The van der Waals surface area contributed by atoms with Crippen molar-refractivity contribution in [1.29, 1.82) is 0 Å². The van der Waals surface area contributed by atoms with Crippen molar-refractivity contribution >= 4 is 27.7 Å². The molecule has 0 aromatic heterocycles. The highest BCUT2D eigenvalue weighted by atomic mass is 32.2. The van der Waals surface area contributed by atoms with E-state index in [-0.39, 0.29) is 29.8 Å². The van der Waals surface area contributed by atoms with Crippen LogP contribution in [-0.4, -0.2) is 44.0 Å². The average molecular weight is 437 g/mol. The first-order valence-corrected chi connectivity index (χ1v) is 12.0. The Kier molecular flexibility index (Phi) is 7.32. The summed E-state index contributed by atoms with van der Waals surface area (Å²) in [4.78, 5) is 13.6. The van der Waals surface area contributed by atoms with Crippen LogP contribution in [-0.2, 0) is 14.8 Å². The van der Waals surface area contributed by atoms with Gasteiger partial charge in [0.05, 0.1) is 4.90 Å². The lowest BCUT2D eigenvalue weighted by Crippen LogP contribution is -2.43. The number of hydrogen-bond acceptors (Lipinski definition) is 4. The fourth-order valence-electron chi connectivity index (χ4n) is 3.24. The van der Waals surface area contributed by atoms with Crippen molar-refractivity contribution in [3.63, 3.8) is 0 Å². The van der Waals surface area contributed by atoms with Crippen LogP contribution in [0.3, 0.4) is 0 Å². The van der Waals surface area contributed by atoms with Gasteiger partial charge in [0.1, 0.15) is 5.82 Å². The molecule has 1 saturated heterocycles. The Hall–Kier alpha value is -1.90. The molecule has 1 fully saturated rings. The highest BCUT2D eigenvalue weighted by molar-refractivity contribution is 7.99. The molecule has 1 N–H and O–H groups in total. The summed E-state index contributed by atoms with van der Waals surface area (Å²) in [6.07, 6.45) is 0.967. The molecule has 29 heavy (non-hydrogen) atoms. The van der Waals surface area contributed by atoms with E-state index in [1.165, 1.54) is 26.9 Å². The number of carbonyl (C=O) groups is 1. The molecule has 156 valence electrons. The summed E-state index contributed by atoms with van der Waals surface area (Å²) >= 11 is 1.69. The van der Waals surface area contributed by atoms with Gasteiger partial charge in [-0.3, -0.25) is 4.79 Å². The molecule has 2 aromatic carbocycles. The quantitative estimate of drug-likeness (QED) is 0.533. The molecule has 1 heterocycles. The van der Waals surface area contributed by atoms with Gasteiger partial charge in [-0.15, -0.1) is 11.8 Å². The highest BCUT2D eigenvalue weighted by Crippen LogP contribution is 2.24. The summed E-state index contributed by atoms with van der Waals surface area (Å²) in [5, 5.41) is 2.96. The normalized spacial score (nSPS) is 15.9. The van der Waals surface area contributed by atoms with Gasteiger partial charge in [0.25, 0.3) is 0 Å². The van der Waals surface area contributed by atoms with Crippen molar-refractivity contribution in [2.45, 2.75) is 29.6 Å². The van der Waals surface area contributed by atoms with Crippen LogP contribution >= 0.6 is 11.8 Å². The maximum absolute atomic E-state index is 13.0. The lowest BCUT2D eigenvalue weighted by molar-refractivity contribution is -0.125. The Morgan fingerprint density at radius 3 is 2.34 bits per heavy atom. The van der Waals surface area contributed by atoms with Gasteiger partial charge in [0.2, 0.25) is 15.9 Å². The molecule has 3 rings (SSSR count). The number of piperidine rings is 1. The molecule has 0 atom stereocenters. The number of amides is 1. The number of hydrogen-bond donors (Lipinski definition) is 1. The molecule has 8 heteroatoms. The van der Waals surface area contributed by atoms with Crippen molar-refractivity contribution < 1.29 is 17.6 Å². The minimum absolute atomic E-state index is 0.0201. The van der Waals surface area contributed by atoms with Gasteiger partial charge in [-0.1, -0.05) is 17.7 Å². The van der Waals surface area contributed by atoms with Gasteiger partial charge in [0.15, 0.2) is 0 Å². The second kappa shape index (κ2) is 9.73. The zero-order valence-corrected chi connectivity index (χ0v) is 17.9. The Morgan fingerprint density at radius 2 is 1.72 bits per heavy atom. The van der Waals surface area contributed by atoms with E-state index in [0.717, 1.165) is 17.9 Å². The van der Waals surface area contributed by atoms with Crippen molar-refractivity contribution in [3.8, 4) is 0 Å². The van der Waals surface area contributed by atoms with Gasteiger partial charge in [-0.25, -0.2) is 12.8 Å². The van der Waals surface area contributed by atoms with Gasteiger partial charge in [-0.2, -0.15) is 4.31 Å². The summed E-state index contributed by atoms with van der Waals surface area (Å²) in [5.74, 6) is 0.110. The third-order valence-corrected chi connectivity index (χ3v) is 7.89. The fraction of sp³-hybridized carbons (Fsp3) is 0.381. The molecule has 0 saturated carbocycles. The van der Waals surface area contributed by atoms with Gasteiger partial charge >= 0.3 is 0 Å². The molecule has 0 bridgehead atoms. The summed E-state index contributed by atoms with van der Waals surface area (Å²) in [6.45, 7) is 3.20. The van der Waals surface area contributed by atoms with Crippen LogP contribution in [0.15, 0.2) is 58.3 Å². The minimum Gasteiger partial charge on any atom is -0.355 e. The van der Waals surface area contributed by atoms with Crippen LogP contribution < -0.4 is 5.32 Å². The summed E-state index contributed by atoms with van der Waals surface area (Å²) in [6, 6.07) is 13.1. The predicted molar refractivity (Wildman–Crippen MR) is 113 cm³/mol. The first kappa shape index (κ1) is 21.8. The Bertz CT molecular complexity index is 923. The number of nitrogens with zero attached hydrogens (tertiary/aromatic N) is 1. The van der Waals surface area contributed by atoms with E-state index in [0.29, 0.717) is 19.4 Å². The first-order chi connectivity index (χ1) is 13.9. The third-order valence-electron chi connectivity index (χ3n) is 4.97. The molecule has 0 spiro atoms. The number of carbonyl (C=O) groups excluding carboxylic acids is 1. The molecular weight excluding hydrogens is 411 g/mol. The largest absolute Gasteiger partial charge is 0.355 e. The standard InChI is InChI=1S/C21H25FN2O3S2/c1-16-2-6-19(7-3-16)28-15-12-23-21(25)17-10-13-24(14-11-17)29(26,27)20-8-4-18(22)5-9-20/h2-9,17H,10-15H2,1H3,(H,23,25). The molecule has 1 aliphatic rings. The molecule has 5 nitrogen and oxygen atoms in total. The van der Waals surface area contributed by atoms with Crippen molar-refractivity contribution in [3.05, 3.63) is 59.9 Å². The van der Waals surface area contributed by atoms with E-state index < -0.39 is 15.8 Å². The van der Waals surface area contributed by atoms with Crippen molar-refractivity contribution in [1.82, 2.24) is 9.62 Å². The number of benzene rings is 2. The van der Waals surface area contributed by atoms with Crippen LogP contribution in [0.25, 0.3) is 0 Å². The number of rotatable bonds is 7. The summed E-state index contributed by atoms with van der Waals surface area (Å²) < 4.78 is 39.7. The van der Waals surface area contributed by atoms with Gasteiger partial charge in [0, 0.05) is 36.2 Å². The lowest BCUT2D eigenvalue weighted by Gasteiger charge is -2.30. The minimum atomic E-state index is -3.65. The predicted octanol–water partition coefficient (Wildman–Crippen LogP) is 3.44. The van der Waals surface area contributed by atoms with E-state index in [4.69, 9.17) is 0 Å². The first-order valence-electron chi connectivity index (χ1n) is 9.59. The molecular formula is C21H25FN2O3S2. The fourth-order valence-corrected chi connectivity index (χ4v) is 5.47. The van der Waals surface area contributed by atoms with Crippen LogP contribution in [0.5, 0.6) is 0 Å². The molecule has 0 aliphatic carbocycles. The Balaban J connectivity index is 1.43. The van der Waals surface area contributed by atoms with E-state index in [1.807, 2.05) is 6.92 Å². The monoisotopic (exact) mass is 436 g/mol. The topological polar surface area (TPSA) is 66.5 Å². The summed E-state index contributed by atoms with van der Waals surface area (Å²) in [5.41, 5.74) is 1.22. The maximum Gasteiger partial charge on any atom is 0.243 e. The van der Waals surface area contributed by atoms with Crippen LogP contribution in [0, 0.1) is 18.7 Å². The van der Waals surface area contributed by atoms with Crippen LogP contribution in [0.2, 0.25) is 0 Å². The molecule has 1 amide bonds. The van der Waals surface area contributed by atoms with E-state index in [9.17, 15) is 17.6 Å². The van der Waals surface area contributed by atoms with Crippen LogP contribution in [0.1, 0.15) is 18.4 Å². The van der Waals surface area contributed by atoms with Crippen LogP contribution in [0.4, 0.5) is 4.39 Å². The zero-order valence-electron chi connectivity index (χ0n) is 16.3. The molecule has 1 aliphatic heterocycles. The zero-order chi connectivity index (χ0) is 20.9. The number of aryl methyl sites for hydroxylation is 1. The van der Waals surface area contributed by atoms with Crippen molar-refractivity contribution in [2.75, 3.05) is 25.4 Å². The SMILES string of the molecule is Cc1ccc(SCCNC(=O)C2CCN(S(=O)(=O)c3ccc(F)cc3)CC2)cc1. The maximum atomic E-state index is 13.0. The number of nitrogens with one attached hydrogen (secondary N) is 1. The smallest absolute Gasteiger partial charge is 0.243 e. The Labute approximate surface area is 175 Å². The van der Waals surface area contributed by atoms with E-state index in [1.54, 1.807) is 11.8 Å².